The Kier molecular flexibility index (Phi) is 4.65. The van der Waals surface area contributed by atoms with E-state index in [0.717, 1.165) is 76.4 Å². The highest BCUT2D eigenvalue weighted by molar-refractivity contribution is 6.06. The summed E-state index contributed by atoms with van der Waals surface area (Å²) in [6.45, 7) is 1.83. The van der Waals surface area contributed by atoms with Crippen LogP contribution in [0.2, 0.25) is 0 Å². The summed E-state index contributed by atoms with van der Waals surface area (Å²) in [7, 11) is 2.12. The number of benzene rings is 2. The molecule has 36 heavy (non-hydrogen) atoms. The van der Waals surface area contributed by atoms with Crippen molar-refractivity contribution in [2.45, 2.75) is 24.7 Å². The van der Waals surface area contributed by atoms with Gasteiger partial charge in [0.25, 0.3) is 5.82 Å². The number of nitrogens with one attached hydrogen (secondary N) is 2. The maximum Gasteiger partial charge on any atom is 0.325 e. The van der Waals surface area contributed by atoms with Gasteiger partial charge in [0.15, 0.2) is 0 Å². The third-order valence-electron chi connectivity index (χ3n) is 7.76. The van der Waals surface area contributed by atoms with Crippen molar-refractivity contribution >= 4 is 28.1 Å². The summed E-state index contributed by atoms with van der Waals surface area (Å²) in [4.78, 5) is 19.7. The first-order valence-corrected chi connectivity index (χ1v) is 12.3. The van der Waals surface area contributed by atoms with Gasteiger partial charge in [-0.25, -0.2) is 0 Å². The van der Waals surface area contributed by atoms with Crippen molar-refractivity contribution in [3.05, 3.63) is 83.8 Å². The van der Waals surface area contributed by atoms with Crippen molar-refractivity contribution in [3.8, 4) is 11.3 Å². The number of anilines is 1. The zero-order valence-electron chi connectivity index (χ0n) is 20.0. The Morgan fingerprint density at radius 1 is 1.06 bits per heavy atom. The van der Waals surface area contributed by atoms with Crippen LogP contribution in [0.1, 0.15) is 29.8 Å². The Morgan fingerprint density at radius 2 is 1.94 bits per heavy atom. The lowest BCUT2D eigenvalue weighted by molar-refractivity contribution is -0.588. The second kappa shape index (κ2) is 7.93. The van der Waals surface area contributed by atoms with Gasteiger partial charge < -0.3 is 10.2 Å². The minimum atomic E-state index is -0.444. The van der Waals surface area contributed by atoms with Gasteiger partial charge in [-0.05, 0) is 80.5 Å². The Hall–Kier alpha value is -4.17. The molecule has 178 valence electrons. The number of carbonyl (C=O) groups is 1. The summed E-state index contributed by atoms with van der Waals surface area (Å²) < 4.78 is 1.88. The Balaban J connectivity index is 1.25. The van der Waals surface area contributed by atoms with Gasteiger partial charge in [0.05, 0.1) is 17.4 Å². The predicted molar refractivity (Wildman–Crippen MR) is 137 cm³/mol. The average molecular weight is 477 g/mol. The first-order valence-electron chi connectivity index (χ1n) is 12.3. The average Bonchev–Trinajstić information content (AvgIpc) is 3.43. The van der Waals surface area contributed by atoms with Crippen LogP contribution in [0.5, 0.6) is 0 Å². The summed E-state index contributed by atoms with van der Waals surface area (Å²) in [5.41, 5.74) is 6.34. The molecule has 0 aliphatic carbocycles. The number of aromatic amines is 1. The van der Waals surface area contributed by atoms with E-state index in [1.165, 1.54) is 0 Å². The molecule has 1 saturated heterocycles. The van der Waals surface area contributed by atoms with E-state index in [2.05, 4.69) is 56.7 Å². The van der Waals surface area contributed by atoms with E-state index >= 15 is 0 Å². The number of hydrogen-bond acceptors (Lipinski definition) is 5. The SMILES string of the molecule is CN1CCC2(CC1)C(=O)Nc1ccc(-c3ccc4n[nH]c(Cc5ccc6ncccc6c5)[n+]4n3)cc12. The molecule has 2 aromatic carbocycles. The van der Waals surface area contributed by atoms with E-state index in [1.54, 1.807) is 0 Å². The Morgan fingerprint density at radius 3 is 2.83 bits per heavy atom. The molecule has 1 fully saturated rings. The molecule has 0 atom stereocenters. The number of pyridine rings is 1. The lowest BCUT2D eigenvalue weighted by Gasteiger charge is -2.36. The van der Waals surface area contributed by atoms with Gasteiger partial charge in [0.2, 0.25) is 5.91 Å². The number of likely N-dealkylation sites (tertiary alicyclic amines) is 1. The molecule has 0 unspecified atom stereocenters. The van der Waals surface area contributed by atoms with Gasteiger partial charge in [-0.15, -0.1) is 14.7 Å². The van der Waals surface area contributed by atoms with Crippen LogP contribution >= 0.6 is 0 Å². The van der Waals surface area contributed by atoms with Crippen LogP contribution in [0.4, 0.5) is 5.69 Å². The topological polar surface area (TPSA) is 90.9 Å². The highest BCUT2D eigenvalue weighted by atomic mass is 16.2. The van der Waals surface area contributed by atoms with Gasteiger partial charge >= 0.3 is 5.65 Å². The number of fused-ring (bicyclic) bond motifs is 4. The molecule has 3 aromatic heterocycles. The number of piperidine rings is 1. The fourth-order valence-corrected chi connectivity index (χ4v) is 5.63. The smallest absolute Gasteiger partial charge is 0.325 e. The van der Waals surface area contributed by atoms with Crippen molar-refractivity contribution in [2.24, 2.45) is 0 Å². The molecular weight excluding hydrogens is 450 g/mol. The van der Waals surface area contributed by atoms with Crippen molar-refractivity contribution < 1.29 is 9.31 Å². The maximum absolute atomic E-state index is 13.0. The van der Waals surface area contributed by atoms with E-state index in [0.29, 0.717) is 6.42 Å². The fraction of sp³-hybridized carbons (Fsp3) is 0.250. The van der Waals surface area contributed by atoms with Crippen molar-refractivity contribution in [1.82, 2.24) is 25.2 Å². The number of nitrogens with zero attached hydrogens (tertiary/aromatic N) is 5. The van der Waals surface area contributed by atoms with Crippen LogP contribution in [-0.2, 0) is 16.6 Å². The van der Waals surface area contributed by atoms with Crippen LogP contribution in [0.3, 0.4) is 0 Å². The van der Waals surface area contributed by atoms with Gasteiger partial charge in [-0.1, -0.05) is 18.2 Å². The monoisotopic (exact) mass is 476 g/mol. The standard InChI is InChI=1S/C28H25N7O/c1-34-13-10-28(11-14-34)21-17-20(5-7-24(21)30-27(28)36)23-8-9-25-31-32-26(35(25)33-23)16-18-4-6-22-19(15-18)3-2-12-29-22/h2-9,12,15,17H,10-11,13-14,16H2,1H3,(H,30,33,36)/p+1. The molecule has 7 rings (SSSR count). The largest absolute Gasteiger partial charge is 0.325 e. The molecule has 2 N–H and O–H groups in total. The molecule has 0 bridgehead atoms. The second-order valence-electron chi connectivity index (χ2n) is 9.97. The number of rotatable bonds is 3. The van der Waals surface area contributed by atoms with Crippen LogP contribution < -0.4 is 9.83 Å². The minimum Gasteiger partial charge on any atom is -0.325 e. The molecule has 1 spiro atoms. The summed E-state index contributed by atoms with van der Waals surface area (Å²) in [6, 6.07) is 20.5. The molecule has 0 radical (unpaired) electrons. The molecule has 8 nitrogen and oxygen atoms in total. The van der Waals surface area contributed by atoms with Crippen LogP contribution in [0.25, 0.3) is 27.8 Å². The molecule has 1 amide bonds. The fourth-order valence-electron chi connectivity index (χ4n) is 5.63. The van der Waals surface area contributed by atoms with E-state index < -0.39 is 5.41 Å². The third-order valence-corrected chi connectivity index (χ3v) is 7.76. The van der Waals surface area contributed by atoms with Gasteiger partial charge in [-0.2, -0.15) is 0 Å². The maximum atomic E-state index is 13.0. The van der Waals surface area contributed by atoms with Gasteiger partial charge in [0, 0.05) is 34.0 Å². The number of aromatic nitrogens is 5. The van der Waals surface area contributed by atoms with Crippen molar-refractivity contribution in [2.75, 3.05) is 25.5 Å². The zero-order chi connectivity index (χ0) is 24.3. The van der Waals surface area contributed by atoms with Crippen molar-refractivity contribution in [3.63, 3.8) is 0 Å². The van der Waals surface area contributed by atoms with Crippen LogP contribution in [0.15, 0.2) is 66.9 Å². The van der Waals surface area contributed by atoms with Crippen LogP contribution in [-0.4, -0.2) is 51.2 Å². The first kappa shape index (κ1) is 21.1. The normalized spacial score (nSPS) is 17.1. The van der Waals surface area contributed by atoms with E-state index in [4.69, 9.17) is 5.10 Å². The number of amides is 1. The molecule has 5 heterocycles. The Labute approximate surface area is 208 Å². The quantitative estimate of drug-likeness (QED) is 0.390. The number of hydrogen-bond donors (Lipinski definition) is 2. The molecule has 0 saturated carbocycles. The summed E-state index contributed by atoms with van der Waals surface area (Å²) in [6.07, 6.45) is 4.15. The number of H-pyrrole nitrogens is 1. The van der Waals surface area contributed by atoms with Crippen LogP contribution in [0, 0.1) is 0 Å². The number of carbonyl (C=O) groups excluding carboxylic acids is 1. The summed E-state index contributed by atoms with van der Waals surface area (Å²) >= 11 is 0. The molecular formula is C28H26N7O+. The lowest BCUT2D eigenvalue weighted by Crippen LogP contribution is -2.45. The second-order valence-corrected chi connectivity index (χ2v) is 9.97. The molecule has 8 heteroatoms. The van der Waals surface area contributed by atoms with E-state index in [9.17, 15) is 4.79 Å². The third kappa shape index (κ3) is 3.29. The molecule has 2 aliphatic rings. The first-order chi connectivity index (χ1) is 17.6. The molecule has 2 aliphatic heterocycles. The molecule has 5 aromatic rings. The van der Waals surface area contributed by atoms with Gasteiger partial charge in [-0.3, -0.25) is 9.78 Å². The summed E-state index contributed by atoms with van der Waals surface area (Å²) in [5, 5.41) is 16.8. The highest BCUT2D eigenvalue weighted by Crippen LogP contribution is 2.45. The highest BCUT2D eigenvalue weighted by Gasteiger charge is 2.48. The van der Waals surface area contributed by atoms with E-state index in [1.807, 2.05) is 47.1 Å². The van der Waals surface area contributed by atoms with Gasteiger partial charge in [0.1, 0.15) is 5.69 Å². The summed E-state index contributed by atoms with van der Waals surface area (Å²) in [5.74, 6) is 1.03. The lowest BCUT2D eigenvalue weighted by atomic mass is 9.73. The van der Waals surface area contributed by atoms with Crippen molar-refractivity contribution in [1.29, 1.82) is 0 Å². The van der Waals surface area contributed by atoms with E-state index in [-0.39, 0.29) is 5.91 Å². The Bertz CT molecular complexity index is 1650. The zero-order valence-corrected chi connectivity index (χ0v) is 20.0. The predicted octanol–water partition coefficient (Wildman–Crippen LogP) is 3.26. The minimum absolute atomic E-state index is 0.128.